The van der Waals surface area contributed by atoms with Crippen LogP contribution in [0.1, 0.15) is 23.1 Å². The van der Waals surface area contributed by atoms with Crippen LogP contribution >= 0.6 is 0 Å². The monoisotopic (exact) mass is 388 g/mol. The molecular weight excluding hydrogens is 360 g/mol. The third kappa shape index (κ3) is 6.68. The number of anilines is 2. The smallest absolute Gasteiger partial charge is 0.243 e. The first-order chi connectivity index (χ1) is 14.1. The van der Waals surface area contributed by atoms with Crippen molar-refractivity contribution in [3.8, 4) is 5.75 Å². The Hall–Kier alpha value is -3.27. The van der Waals surface area contributed by atoms with E-state index in [4.69, 9.17) is 4.74 Å². The summed E-state index contributed by atoms with van der Waals surface area (Å²) in [5.74, 6) is 0.728. The number of ether oxygens (including phenoxy) is 1. The van der Waals surface area contributed by atoms with Gasteiger partial charge in [0, 0.05) is 17.4 Å². The normalized spacial score (nSPS) is 10.4. The van der Waals surface area contributed by atoms with Gasteiger partial charge in [0.15, 0.2) is 0 Å². The number of carbonyl (C=O) groups excluding carboxylic acids is 1. The predicted octanol–water partition coefficient (Wildman–Crippen LogP) is 5.37. The van der Waals surface area contributed by atoms with E-state index in [1.807, 2.05) is 62.4 Å². The van der Waals surface area contributed by atoms with Crippen molar-refractivity contribution in [3.05, 3.63) is 89.5 Å². The van der Waals surface area contributed by atoms with Crippen LogP contribution in [0.25, 0.3) is 0 Å². The third-order valence-electron chi connectivity index (χ3n) is 4.68. The van der Waals surface area contributed by atoms with Crippen LogP contribution < -0.4 is 15.4 Å². The molecule has 150 valence electrons. The van der Waals surface area contributed by atoms with Crippen molar-refractivity contribution in [2.45, 2.75) is 26.7 Å². The molecule has 0 unspecified atom stereocenters. The van der Waals surface area contributed by atoms with Gasteiger partial charge < -0.3 is 15.4 Å². The van der Waals surface area contributed by atoms with E-state index in [-0.39, 0.29) is 12.5 Å². The van der Waals surface area contributed by atoms with Crippen molar-refractivity contribution in [3.63, 3.8) is 0 Å². The molecule has 4 nitrogen and oxygen atoms in total. The summed E-state index contributed by atoms with van der Waals surface area (Å²) >= 11 is 0. The fourth-order valence-corrected chi connectivity index (χ4v) is 3.05. The third-order valence-corrected chi connectivity index (χ3v) is 4.68. The highest BCUT2D eigenvalue weighted by molar-refractivity contribution is 5.94. The van der Waals surface area contributed by atoms with E-state index in [1.54, 1.807) is 0 Å². The summed E-state index contributed by atoms with van der Waals surface area (Å²) in [7, 11) is 0. The molecule has 3 aromatic carbocycles. The second-order valence-corrected chi connectivity index (χ2v) is 7.19. The van der Waals surface area contributed by atoms with Crippen molar-refractivity contribution in [1.29, 1.82) is 0 Å². The Labute approximate surface area is 172 Å². The van der Waals surface area contributed by atoms with E-state index in [0.29, 0.717) is 6.61 Å². The van der Waals surface area contributed by atoms with Crippen molar-refractivity contribution in [2.75, 3.05) is 23.8 Å². The van der Waals surface area contributed by atoms with Crippen LogP contribution in [-0.2, 0) is 11.2 Å². The molecule has 0 radical (unpaired) electrons. The van der Waals surface area contributed by atoms with Crippen LogP contribution in [0.15, 0.2) is 72.8 Å². The summed E-state index contributed by atoms with van der Waals surface area (Å²) in [5.41, 5.74) is 5.21. The van der Waals surface area contributed by atoms with E-state index in [0.717, 1.165) is 41.1 Å². The Balaban J connectivity index is 1.44. The second kappa shape index (κ2) is 10.3. The quantitative estimate of drug-likeness (QED) is 0.485. The zero-order chi connectivity index (χ0) is 20.5. The van der Waals surface area contributed by atoms with E-state index >= 15 is 0 Å². The van der Waals surface area contributed by atoms with Crippen LogP contribution in [0.4, 0.5) is 11.4 Å². The number of amides is 1. The molecule has 3 aromatic rings. The van der Waals surface area contributed by atoms with Crippen molar-refractivity contribution in [2.24, 2.45) is 0 Å². The number of hydrogen-bond acceptors (Lipinski definition) is 3. The minimum absolute atomic E-state index is 0.0760. The molecule has 3 rings (SSSR count). The topological polar surface area (TPSA) is 50.4 Å². The van der Waals surface area contributed by atoms with Gasteiger partial charge in [-0.15, -0.1) is 0 Å². The summed E-state index contributed by atoms with van der Waals surface area (Å²) in [6.07, 6.45) is 1.96. The molecule has 2 N–H and O–H groups in total. The van der Waals surface area contributed by atoms with E-state index in [2.05, 4.69) is 34.9 Å². The number of aryl methyl sites for hydroxylation is 3. The summed E-state index contributed by atoms with van der Waals surface area (Å²) in [6, 6.07) is 24.2. The Morgan fingerprint density at radius 1 is 0.931 bits per heavy atom. The fourth-order valence-electron chi connectivity index (χ4n) is 3.05. The maximum absolute atomic E-state index is 12.3. The van der Waals surface area contributed by atoms with Crippen LogP contribution in [0.3, 0.4) is 0 Å². The first-order valence-electron chi connectivity index (χ1n) is 9.98. The molecule has 29 heavy (non-hydrogen) atoms. The first kappa shape index (κ1) is 20.5. The predicted molar refractivity (Wildman–Crippen MR) is 120 cm³/mol. The number of carbonyl (C=O) groups is 1. The molecule has 4 heteroatoms. The lowest BCUT2D eigenvalue weighted by molar-refractivity contribution is -0.114. The van der Waals surface area contributed by atoms with Gasteiger partial charge in [0.2, 0.25) is 5.91 Å². The molecule has 0 aliphatic heterocycles. The lowest BCUT2D eigenvalue weighted by Gasteiger charge is -2.12. The Bertz CT molecular complexity index is 939. The molecule has 0 aliphatic rings. The second-order valence-electron chi connectivity index (χ2n) is 7.19. The molecule has 0 saturated carbocycles. The highest BCUT2D eigenvalue weighted by atomic mass is 16.5. The molecule has 0 bridgehead atoms. The molecular formula is C25H28N2O2. The van der Waals surface area contributed by atoms with Crippen molar-refractivity contribution in [1.82, 2.24) is 0 Å². The minimum Gasteiger partial charge on any atom is -0.494 e. The zero-order valence-electron chi connectivity index (χ0n) is 17.1. The average Bonchev–Trinajstić information content (AvgIpc) is 2.73. The molecule has 0 spiro atoms. The largest absolute Gasteiger partial charge is 0.494 e. The summed E-state index contributed by atoms with van der Waals surface area (Å²) in [6.45, 7) is 4.86. The molecule has 0 aliphatic carbocycles. The van der Waals surface area contributed by atoms with Crippen LogP contribution in [0.2, 0.25) is 0 Å². The highest BCUT2D eigenvalue weighted by Gasteiger charge is 2.06. The number of benzene rings is 3. The van der Waals surface area contributed by atoms with E-state index < -0.39 is 0 Å². The molecule has 0 fully saturated rings. The van der Waals surface area contributed by atoms with Gasteiger partial charge in [0.25, 0.3) is 0 Å². The lowest BCUT2D eigenvalue weighted by Crippen LogP contribution is -2.22. The number of rotatable bonds is 9. The van der Waals surface area contributed by atoms with Crippen LogP contribution in [0, 0.1) is 13.8 Å². The van der Waals surface area contributed by atoms with Gasteiger partial charge in [-0.25, -0.2) is 0 Å². The number of nitrogens with one attached hydrogen (secondary N) is 2. The molecule has 0 saturated heterocycles. The first-order valence-corrected chi connectivity index (χ1v) is 9.98. The van der Waals surface area contributed by atoms with Gasteiger partial charge in [-0.3, -0.25) is 4.79 Å². The molecule has 1 amide bonds. The Morgan fingerprint density at radius 3 is 2.59 bits per heavy atom. The van der Waals surface area contributed by atoms with E-state index in [1.165, 1.54) is 5.56 Å². The van der Waals surface area contributed by atoms with Gasteiger partial charge in [-0.2, -0.15) is 0 Å². The highest BCUT2D eigenvalue weighted by Crippen LogP contribution is 2.19. The standard InChI is InChI=1S/C25H28N2O2/c1-19-13-14-20(2)24(16-19)27-25(28)18-26-22-11-6-12-23(17-22)29-15-7-10-21-8-4-3-5-9-21/h3-6,8-9,11-14,16-17,26H,7,10,15,18H2,1-2H3,(H,27,28). The summed E-state index contributed by atoms with van der Waals surface area (Å²) < 4.78 is 5.86. The van der Waals surface area contributed by atoms with Gasteiger partial charge >= 0.3 is 0 Å². The molecule has 0 heterocycles. The molecule has 0 aromatic heterocycles. The maximum Gasteiger partial charge on any atom is 0.243 e. The van der Waals surface area contributed by atoms with Gasteiger partial charge in [-0.1, -0.05) is 48.5 Å². The summed E-state index contributed by atoms with van der Waals surface area (Å²) in [5, 5.41) is 6.12. The zero-order valence-corrected chi connectivity index (χ0v) is 17.1. The minimum atomic E-state index is -0.0760. The fraction of sp³-hybridized carbons (Fsp3) is 0.240. The van der Waals surface area contributed by atoms with Gasteiger partial charge in [0.05, 0.1) is 13.2 Å². The van der Waals surface area contributed by atoms with Crippen molar-refractivity contribution >= 4 is 17.3 Å². The average molecular weight is 389 g/mol. The maximum atomic E-state index is 12.3. The van der Waals surface area contributed by atoms with Gasteiger partial charge in [-0.05, 0) is 61.6 Å². The number of hydrogen-bond donors (Lipinski definition) is 2. The van der Waals surface area contributed by atoms with E-state index in [9.17, 15) is 4.79 Å². The molecule has 0 atom stereocenters. The Kier molecular flexibility index (Phi) is 7.28. The Morgan fingerprint density at radius 2 is 1.76 bits per heavy atom. The summed E-state index contributed by atoms with van der Waals surface area (Å²) in [4.78, 5) is 12.3. The van der Waals surface area contributed by atoms with Crippen LogP contribution in [-0.4, -0.2) is 19.1 Å². The van der Waals surface area contributed by atoms with Crippen LogP contribution in [0.5, 0.6) is 5.75 Å². The van der Waals surface area contributed by atoms with Crippen molar-refractivity contribution < 1.29 is 9.53 Å². The van der Waals surface area contributed by atoms with Gasteiger partial charge in [0.1, 0.15) is 5.75 Å². The SMILES string of the molecule is Cc1ccc(C)c(NC(=O)CNc2cccc(OCCCc3ccccc3)c2)c1. The lowest BCUT2D eigenvalue weighted by atomic mass is 10.1.